The lowest BCUT2D eigenvalue weighted by atomic mass is 10.0. The second-order valence-corrected chi connectivity index (χ2v) is 8.86. The van der Waals surface area contributed by atoms with Crippen molar-refractivity contribution in [2.24, 2.45) is 22.2 Å². The summed E-state index contributed by atoms with van der Waals surface area (Å²) < 4.78 is 0. The number of aliphatic carboxylic acids is 1. The lowest BCUT2D eigenvalue weighted by Crippen LogP contribution is -2.56. The van der Waals surface area contributed by atoms with E-state index in [1.54, 1.807) is 6.20 Å². The lowest BCUT2D eigenvalue weighted by Gasteiger charge is -2.23. The molecule has 0 spiro atoms. The predicted octanol–water partition coefficient (Wildman–Crippen LogP) is -1.42. The number of thiol groups is 1. The third kappa shape index (κ3) is 8.99. The first kappa shape index (κ1) is 29.5. The maximum absolute atomic E-state index is 13.1. The fourth-order valence-electron chi connectivity index (χ4n) is 3.53. The van der Waals surface area contributed by atoms with Crippen LogP contribution in [0.3, 0.4) is 0 Å². The van der Waals surface area contributed by atoms with Crippen molar-refractivity contribution in [3.63, 3.8) is 0 Å². The van der Waals surface area contributed by atoms with Gasteiger partial charge in [-0.25, -0.2) is 4.79 Å². The number of amides is 3. The zero-order valence-corrected chi connectivity index (χ0v) is 21.3. The van der Waals surface area contributed by atoms with Crippen LogP contribution >= 0.6 is 12.6 Å². The van der Waals surface area contributed by atoms with Crippen LogP contribution in [0.2, 0.25) is 0 Å². The minimum atomic E-state index is -1.26. The Morgan fingerprint density at radius 1 is 1.05 bits per heavy atom. The third-order valence-electron chi connectivity index (χ3n) is 5.58. The van der Waals surface area contributed by atoms with Crippen molar-refractivity contribution in [1.29, 1.82) is 0 Å². The van der Waals surface area contributed by atoms with Crippen molar-refractivity contribution >= 4 is 53.2 Å². The highest BCUT2D eigenvalue weighted by Crippen LogP contribution is 2.19. The van der Waals surface area contributed by atoms with E-state index >= 15 is 0 Å². The zero-order chi connectivity index (χ0) is 27.5. The molecular weight excluding hydrogens is 500 g/mol. The molecule has 4 unspecified atom stereocenters. The van der Waals surface area contributed by atoms with Crippen LogP contribution in [-0.2, 0) is 25.6 Å². The van der Waals surface area contributed by atoms with E-state index in [1.807, 2.05) is 24.3 Å². The molecule has 14 heteroatoms. The number of carboxylic acids is 1. The molecule has 3 amide bonds. The van der Waals surface area contributed by atoms with Gasteiger partial charge in [0.2, 0.25) is 17.7 Å². The highest BCUT2D eigenvalue weighted by Gasteiger charge is 2.29. The third-order valence-corrected chi connectivity index (χ3v) is 5.97. The number of nitrogens with zero attached hydrogens (tertiary/aromatic N) is 1. The van der Waals surface area contributed by atoms with Gasteiger partial charge in [0.05, 0.1) is 6.04 Å². The molecule has 0 radical (unpaired) electrons. The second-order valence-electron chi connectivity index (χ2n) is 8.49. The molecule has 0 aliphatic carbocycles. The van der Waals surface area contributed by atoms with E-state index in [-0.39, 0.29) is 31.1 Å². The molecule has 37 heavy (non-hydrogen) atoms. The van der Waals surface area contributed by atoms with Crippen molar-refractivity contribution in [3.05, 3.63) is 36.0 Å². The topological polar surface area (TPSA) is 231 Å². The van der Waals surface area contributed by atoms with Gasteiger partial charge in [-0.15, -0.1) is 0 Å². The number of hydrogen-bond donors (Lipinski definition) is 9. The van der Waals surface area contributed by atoms with Crippen molar-refractivity contribution < 1.29 is 24.3 Å². The maximum Gasteiger partial charge on any atom is 0.326 e. The molecule has 2 rings (SSSR count). The minimum absolute atomic E-state index is 0.0217. The monoisotopic (exact) mass is 534 g/mol. The minimum Gasteiger partial charge on any atom is -0.480 e. The Morgan fingerprint density at radius 3 is 2.38 bits per heavy atom. The van der Waals surface area contributed by atoms with Crippen LogP contribution < -0.4 is 33.2 Å². The Kier molecular flexibility index (Phi) is 11.2. The van der Waals surface area contributed by atoms with Crippen molar-refractivity contribution in [2.45, 2.75) is 50.4 Å². The van der Waals surface area contributed by atoms with Crippen molar-refractivity contribution in [2.75, 3.05) is 12.3 Å². The number of nitrogens with two attached hydrogens (primary N) is 3. The number of carbonyl (C=O) groups excluding carboxylic acids is 3. The molecule has 202 valence electrons. The number of rotatable bonds is 14. The summed E-state index contributed by atoms with van der Waals surface area (Å²) in [6.07, 6.45) is 2.15. The van der Waals surface area contributed by atoms with Crippen LogP contribution in [0.4, 0.5) is 0 Å². The number of hydrogen-bond acceptors (Lipinski definition) is 7. The Bertz CT molecular complexity index is 1130. The van der Waals surface area contributed by atoms with E-state index in [0.29, 0.717) is 12.0 Å². The summed E-state index contributed by atoms with van der Waals surface area (Å²) in [5.74, 6) is -3.18. The molecular formula is C23H34N8O5S. The number of carboxylic acid groups (broad SMARTS) is 1. The Balaban J connectivity index is 2.13. The fourth-order valence-corrected chi connectivity index (χ4v) is 3.70. The molecule has 0 bridgehead atoms. The van der Waals surface area contributed by atoms with E-state index in [1.165, 1.54) is 6.92 Å². The molecule has 0 fully saturated rings. The van der Waals surface area contributed by atoms with Gasteiger partial charge in [0.15, 0.2) is 5.96 Å². The normalized spacial score (nSPS) is 14.1. The van der Waals surface area contributed by atoms with E-state index in [0.717, 1.165) is 10.9 Å². The predicted molar refractivity (Wildman–Crippen MR) is 143 cm³/mol. The molecule has 0 aliphatic heterocycles. The first-order valence-corrected chi connectivity index (χ1v) is 12.3. The molecule has 2 aromatic rings. The number of nitrogens with one attached hydrogen (secondary N) is 4. The van der Waals surface area contributed by atoms with Gasteiger partial charge in [-0.2, -0.15) is 12.6 Å². The highest BCUT2D eigenvalue weighted by atomic mass is 32.1. The van der Waals surface area contributed by atoms with Gasteiger partial charge in [0.1, 0.15) is 18.1 Å². The number of para-hydroxylation sites is 1. The smallest absolute Gasteiger partial charge is 0.326 e. The van der Waals surface area contributed by atoms with Crippen LogP contribution in [0.5, 0.6) is 0 Å². The van der Waals surface area contributed by atoms with Crippen LogP contribution in [0.25, 0.3) is 10.9 Å². The second kappa shape index (κ2) is 14.1. The van der Waals surface area contributed by atoms with Gasteiger partial charge in [-0.1, -0.05) is 18.2 Å². The Morgan fingerprint density at radius 2 is 1.73 bits per heavy atom. The largest absolute Gasteiger partial charge is 0.480 e. The molecule has 1 aromatic carbocycles. The molecule has 1 aromatic heterocycles. The van der Waals surface area contributed by atoms with Crippen LogP contribution in [0.15, 0.2) is 35.5 Å². The Hall–Kier alpha value is -3.78. The van der Waals surface area contributed by atoms with Gasteiger partial charge >= 0.3 is 5.97 Å². The summed E-state index contributed by atoms with van der Waals surface area (Å²) in [6.45, 7) is 1.63. The number of carbonyl (C=O) groups is 4. The summed E-state index contributed by atoms with van der Waals surface area (Å²) in [6, 6.07) is 3.12. The molecule has 0 aliphatic rings. The Labute approximate surface area is 219 Å². The van der Waals surface area contributed by atoms with Crippen molar-refractivity contribution in [1.82, 2.24) is 20.9 Å². The van der Waals surface area contributed by atoms with E-state index < -0.39 is 47.9 Å². The quantitative estimate of drug-likeness (QED) is 0.0602. The molecule has 13 nitrogen and oxygen atoms in total. The first-order chi connectivity index (χ1) is 17.5. The average Bonchev–Trinajstić information content (AvgIpc) is 3.27. The molecule has 0 saturated heterocycles. The zero-order valence-electron chi connectivity index (χ0n) is 20.4. The van der Waals surface area contributed by atoms with E-state index in [9.17, 15) is 24.3 Å². The highest BCUT2D eigenvalue weighted by molar-refractivity contribution is 7.80. The van der Waals surface area contributed by atoms with E-state index in [4.69, 9.17) is 17.2 Å². The lowest BCUT2D eigenvalue weighted by molar-refractivity contribution is -0.142. The molecule has 4 atom stereocenters. The standard InChI is InChI=1S/C23H34N8O5S/c1-12(29-20(33)15(24)11-37)19(32)30-17(7-4-8-27-23(25)26)21(34)31-18(22(35)36)9-13-10-28-16-6-3-2-5-14(13)16/h2-3,5-6,10,12,15,17-18,28,37H,4,7-9,11,24H2,1H3,(H,29,33)(H,30,32)(H,31,34)(H,35,36)(H4,25,26,27). The number of aromatic nitrogens is 1. The van der Waals surface area contributed by atoms with Gasteiger partial charge in [0.25, 0.3) is 0 Å². The van der Waals surface area contributed by atoms with Gasteiger partial charge in [-0.05, 0) is 31.4 Å². The van der Waals surface area contributed by atoms with Gasteiger partial charge < -0.3 is 43.2 Å². The van der Waals surface area contributed by atoms with Crippen LogP contribution in [0, 0.1) is 0 Å². The van der Waals surface area contributed by atoms with E-state index in [2.05, 4.69) is 38.6 Å². The molecule has 11 N–H and O–H groups in total. The fraction of sp³-hybridized carbons (Fsp3) is 0.435. The number of benzene rings is 1. The number of fused-ring (bicyclic) bond motifs is 1. The number of aliphatic imine (C=N–C) groups is 1. The summed E-state index contributed by atoms with van der Waals surface area (Å²) in [7, 11) is 0. The first-order valence-electron chi connectivity index (χ1n) is 11.6. The number of guanidine groups is 1. The van der Waals surface area contributed by atoms with Gasteiger partial charge in [-0.3, -0.25) is 19.4 Å². The maximum atomic E-state index is 13.1. The van der Waals surface area contributed by atoms with Crippen LogP contribution in [0.1, 0.15) is 25.3 Å². The summed E-state index contributed by atoms with van der Waals surface area (Å²) in [5.41, 5.74) is 17.8. The average molecular weight is 535 g/mol. The summed E-state index contributed by atoms with van der Waals surface area (Å²) in [4.78, 5) is 56.7. The SMILES string of the molecule is CC(NC(=O)C(N)CS)C(=O)NC(CCCN=C(N)N)C(=O)NC(Cc1c[nH]c2ccccc12)C(=O)O. The van der Waals surface area contributed by atoms with Crippen molar-refractivity contribution in [3.8, 4) is 0 Å². The summed E-state index contributed by atoms with van der Waals surface area (Å²) in [5, 5.41) is 18.1. The van der Waals surface area contributed by atoms with Gasteiger partial charge in [0, 0.05) is 35.8 Å². The van der Waals surface area contributed by atoms with Crippen LogP contribution in [-0.4, -0.2) is 76.2 Å². The summed E-state index contributed by atoms with van der Waals surface area (Å²) >= 11 is 3.96. The molecule has 1 heterocycles. The molecule has 0 saturated carbocycles. The number of aromatic amines is 1. The number of H-pyrrole nitrogens is 1.